The Morgan fingerprint density at radius 3 is 2.39 bits per heavy atom. The van der Waals surface area contributed by atoms with Crippen LogP contribution in [0.15, 0.2) is 60.9 Å². The maximum absolute atomic E-state index is 12.7. The van der Waals surface area contributed by atoms with E-state index in [1.54, 1.807) is 24.5 Å². The first-order valence-corrected chi connectivity index (χ1v) is 9.22. The number of hydrogen-bond donors (Lipinski definition) is 0. The van der Waals surface area contributed by atoms with Gasteiger partial charge < -0.3 is 14.5 Å². The molecule has 0 saturated carbocycles. The highest BCUT2D eigenvalue weighted by molar-refractivity contribution is 5.92. The molecule has 3 aromatic rings. The van der Waals surface area contributed by atoms with E-state index in [0.29, 0.717) is 24.5 Å². The van der Waals surface area contributed by atoms with Crippen LogP contribution in [0.25, 0.3) is 0 Å². The van der Waals surface area contributed by atoms with Crippen molar-refractivity contribution in [2.75, 3.05) is 31.1 Å². The molecule has 1 aromatic carbocycles. The van der Waals surface area contributed by atoms with Crippen molar-refractivity contribution in [1.82, 2.24) is 19.9 Å². The van der Waals surface area contributed by atoms with Gasteiger partial charge in [-0.3, -0.25) is 4.79 Å². The Morgan fingerprint density at radius 2 is 1.71 bits per heavy atom. The van der Waals surface area contributed by atoms with Crippen LogP contribution in [0.5, 0.6) is 11.5 Å². The van der Waals surface area contributed by atoms with Gasteiger partial charge in [-0.05, 0) is 37.3 Å². The molecular formula is C21H21N5O2. The lowest BCUT2D eigenvalue weighted by atomic mass is 10.2. The molecule has 28 heavy (non-hydrogen) atoms. The normalized spacial score (nSPS) is 14.0. The largest absolute Gasteiger partial charge is 0.456 e. The molecule has 1 amide bonds. The van der Waals surface area contributed by atoms with Gasteiger partial charge in [0, 0.05) is 32.4 Å². The van der Waals surface area contributed by atoms with Gasteiger partial charge in [0.15, 0.2) is 0 Å². The molecule has 7 nitrogen and oxygen atoms in total. The smallest absolute Gasteiger partial charge is 0.272 e. The third-order valence-corrected chi connectivity index (χ3v) is 4.59. The second-order valence-corrected chi connectivity index (χ2v) is 6.54. The summed E-state index contributed by atoms with van der Waals surface area (Å²) in [7, 11) is 0. The van der Waals surface area contributed by atoms with E-state index in [2.05, 4.69) is 19.9 Å². The van der Waals surface area contributed by atoms with Crippen molar-refractivity contribution in [3.8, 4) is 11.5 Å². The number of aromatic nitrogens is 3. The number of carbonyl (C=O) groups is 1. The lowest BCUT2D eigenvalue weighted by Crippen LogP contribution is -2.49. The predicted molar refractivity (Wildman–Crippen MR) is 106 cm³/mol. The highest BCUT2D eigenvalue weighted by Gasteiger charge is 2.23. The minimum Gasteiger partial charge on any atom is -0.456 e. The molecule has 7 heteroatoms. The van der Waals surface area contributed by atoms with Crippen molar-refractivity contribution < 1.29 is 9.53 Å². The van der Waals surface area contributed by atoms with Crippen molar-refractivity contribution in [3.63, 3.8) is 0 Å². The quantitative estimate of drug-likeness (QED) is 0.698. The molecule has 1 fully saturated rings. The van der Waals surface area contributed by atoms with Crippen LogP contribution in [-0.2, 0) is 0 Å². The summed E-state index contributed by atoms with van der Waals surface area (Å²) in [6.07, 6.45) is 3.35. The zero-order chi connectivity index (χ0) is 19.3. The van der Waals surface area contributed by atoms with Gasteiger partial charge in [-0.25, -0.2) is 15.0 Å². The van der Waals surface area contributed by atoms with E-state index in [1.165, 1.54) is 0 Å². The Bertz CT molecular complexity index is 939. The zero-order valence-electron chi connectivity index (χ0n) is 15.7. The number of ether oxygens (including phenoxy) is 1. The van der Waals surface area contributed by atoms with Crippen LogP contribution in [0, 0.1) is 6.92 Å². The SMILES string of the molecule is Cc1nccc(N2CCN(C(=O)c3ccc(Oc4ccccc4)cn3)CC2)n1. The molecule has 0 bridgehead atoms. The van der Waals surface area contributed by atoms with Crippen molar-refractivity contribution in [2.24, 2.45) is 0 Å². The molecule has 0 atom stereocenters. The fourth-order valence-electron chi connectivity index (χ4n) is 3.11. The van der Waals surface area contributed by atoms with Crippen LogP contribution >= 0.6 is 0 Å². The average molecular weight is 375 g/mol. The predicted octanol–water partition coefficient (Wildman–Crippen LogP) is 2.93. The highest BCUT2D eigenvalue weighted by Crippen LogP contribution is 2.20. The van der Waals surface area contributed by atoms with Gasteiger partial charge >= 0.3 is 0 Å². The summed E-state index contributed by atoms with van der Waals surface area (Å²) in [5, 5.41) is 0. The first-order chi connectivity index (χ1) is 13.7. The van der Waals surface area contributed by atoms with E-state index in [-0.39, 0.29) is 5.91 Å². The maximum atomic E-state index is 12.7. The van der Waals surface area contributed by atoms with Gasteiger partial charge in [-0.2, -0.15) is 0 Å². The Labute approximate surface area is 163 Å². The lowest BCUT2D eigenvalue weighted by Gasteiger charge is -2.35. The number of anilines is 1. The number of nitrogens with zero attached hydrogens (tertiary/aromatic N) is 5. The van der Waals surface area contributed by atoms with Gasteiger partial charge in [0.05, 0.1) is 6.20 Å². The topological polar surface area (TPSA) is 71.5 Å². The average Bonchev–Trinajstić information content (AvgIpc) is 2.75. The molecule has 0 spiro atoms. The number of aryl methyl sites for hydroxylation is 1. The molecular weight excluding hydrogens is 354 g/mol. The molecule has 0 N–H and O–H groups in total. The second kappa shape index (κ2) is 8.04. The molecule has 4 rings (SSSR count). The van der Waals surface area contributed by atoms with Gasteiger partial charge in [-0.1, -0.05) is 18.2 Å². The van der Waals surface area contributed by atoms with Crippen molar-refractivity contribution in [1.29, 1.82) is 0 Å². The van der Waals surface area contributed by atoms with Gasteiger partial charge in [0.2, 0.25) is 0 Å². The minimum absolute atomic E-state index is 0.0650. The zero-order valence-corrected chi connectivity index (χ0v) is 15.7. The summed E-state index contributed by atoms with van der Waals surface area (Å²) in [6, 6.07) is 14.9. The summed E-state index contributed by atoms with van der Waals surface area (Å²) >= 11 is 0. The first-order valence-electron chi connectivity index (χ1n) is 9.22. The monoisotopic (exact) mass is 375 g/mol. The molecule has 1 aliphatic heterocycles. The number of rotatable bonds is 4. The van der Waals surface area contributed by atoms with Gasteiger partial charge in [-0.15, -0.1) is 0 Å². The standard InChI is InChI=1S/C21H21N5O2/c1-16-22-10-9-20(24-16)25-11-13-26(14-12-25)21(27)19-8-7-18(15-23-19)28-17-5-3-2-4-6-17/h2-10,15H,11-14H2,1H3. The summed E-state index contributed by atoms with van der Waals surface area (Å²) in [4.78, 5) is 29.6. The summed E-state index contributed by atoms with van der Waals surface area (Å²) in [5.41, 5.74) is 0.423. The van der Waals surface area contributed by atoms with Gasteiger partial charge in [0.25, 0.3) is 5.91 Å². The molecule has 0 unspecified atom stereocenters. The molecule has 1 aliphatic rings. The second-order valence-electron chi connectivity index (χ2n) is 6.54. The fourth-order valence-corrected chi connectivity index (χ4v) is 3.11. The minimum atomic E-state index is -0.0650. The molecule has 0 aliphatic carbocycles. The Hall–Kier alpha value is -3.48. The highest BCUT2D eigenvalue weighted by atomic mass is 16.5. The Balaban J connectivity index is 1.36. The number of piperazine rings is 1. The van der Waals surface area contributed by atoms with Crippen molar-refractivity contribution in [2.45, 2.75) is 6.92 Å². The number of hydrogen-bond acceptors (Lipinski definition) is 6. The Kier molecular flexibility index (Phi) is 5.14. The molecule has 142 valence electrons. The van der Waals surface area contributed by atoms with E-state index < -0.39 is 0 Å². The summed E-state index contributed by atoms with van der Waals surface area (Å²) in [6.45, 7) is 4.60. The number of amides is 1. The third kappa shape index (κ3) is 4.09. The van der Waals surface area contributed by atoms with Crippen molar-refractivity contribution in [3.05, 3.63) is 72.4 Å². The fraction of sp³-hybridized carbons (Fsp3) is 0.238. The molecule has 2 aromatic heterocycles. The maximum Gasteiger partial charge on any atom is 0.272 e. The number of benzene rings is 1. The lowest BCUT2D eigenvalue weighted by molar-refractivity contribution is 0.0740. The summed E-state index contributed by atoms with van der Waals surface area (Å²) in [5.74, 6) is 2.93. The van der Waals surface area contributed by atoms with Gasteiger partial charge in [0.1, 0.15) is 28.8 Å². The van der Waals surface area contributed by atoms with Crippen LogP contribution in [-0.4, -0.2) is 51.9 Å². The van der Waals surface area contributed by atoms with Crippen LogP contribution in [0.3, 0.4) is 0 Å². The van der Waals surface area contributed by atoms with Crippen LogP contribution in [0.4, 0.5) is 5.82 Å². The van der Waals surface area contributed by atoms with Crippen molar-refractivity contribution >= 4 is 11.7 Å². The number of pyridine rings is 1. The molecule has 0 radical (unpaired) electrons. The van der Waals surface area contributed by atoms with Crippen LogP contribution < -0.4 is 9.64 Å². The number of para-hydroxylation sites is 1. The van der Waals surface area contributed by atoms with E-state index in [0.717, 1.165) is 30.5 Å². The molecule has 1 saturated heterocycles. The van der Waals surface area contributed by atoms with Crippen LogP contribution in [0.1, 0.15) is 16.3 Å². The van der Waals surface area contributed by atoms with E-state index in [1.807, 2.05) is 48.2 Å². The number of carbonyl (C=O) groups excluding carboxylic acids is 1. The van der Waals surface area contributed by atoms with E-state index in [9.17, 15) is 4.79 Å². The summed E-state index contributed by atoms with van der Waals surface area (Å²) < 4.78 is 5.73. The first kappa shape index (κ1) is 17.9. The van der Waals surface area contributed by atoms with E-state index >= 15 is 0 Å². The molecule has 3 heterocycles. The third-order valence-electron chi connectivity index (χ3n) is 4.59. The van der Waals surface area contributed by atoms with Crippen LogP contribution in [0.2, 0.25) is 0 Å². The Morgan fingerprint density at radius 1 is 0.929 bits per heavy atom. The van der Waals surface area contributed by atoms with E-state index in [4.69, 9.17) is 4.74 Å².